The van der Waals surface area contributed by atoms with E-state index in [0.29, 0.717) is 17.9 Å². The molecule has 2 aromatic carbocycles. The summed E-state index contributed by atoms with van der Waals surface area (Å²) in [5, 5.41) is 0. The van der Waals surface area contributed by atoms with Crippen LogP contribution >= 0.6 is 0 Å². The Morgan fingerprint density at radius 1 is 0.568 bits per heavy atom. The lowest BCUT2D eigenvalue weighted by atomic mass is 9.85. The molecule has 0 N–H and O–H groups in total. The number of benzene rings is 2. The van der Waals surface area contributed by atoms with E-state index >= 15 is 0 Å². The van der Waals surface area contributed by atoms with E-state index in [9.17, 15) is 0 Å². The van der Waals surface area contributed by atoms with Crippen molar-refractivity contribution in [3.63, 3.8) is 0 Å². The van der Waals surface area contributed by atoms with Crippen molar-refractivity contribution in [3.05, 3.63) is 71.8 Å². The van der Waals surface area contributed by atoms with Gasteiger partial charge >= 0.3 is 0 Å². The summed E-state index contributed by atoms with van der Waals surface area (Å²) in [6.07, 6.45) is 1.50. The largest absolute Gasteiger partial charge is 0.388 e. The maximum atomic E-state index is 6.10. The summed E-state index contributed by atoms with van der Waals surface area (Å²) < 4.78 is 29.2. The van der Waals surface area contributed by atoms with Crippen molar-refractivity contribution >= 4 is 0 Å². The molecule has 6 nitrogen and oxygen atoms in total. The number of hydrogen-bond donors (Lipinski definition) is 0. The molecule has 2 aliphatic heterocycles. The molecule has 0 spiro atoms. The van der Waals surface area contributed by atoms with Crippen LogP contribution in [0.3, 0.4) is 0 Å². The second kappa shape index (κ2) is 30.4. The van der Waals surface area contributed by atoms with Gasteiger partial charge in [0.15, 0.2) is 0 Å². The van der Waals surface area contributed by atoms with Gasteiger partial charge in [-0.15, -0.1) is 0 Å². The van der Waals surface area contributed by atoms with E-state index in [1.807, 2.05) is 27.7 Å². The van der Waals surface area contributed by atoms with E-state index in [-0.39, 0.29) is 6.10 Å². The van der Waals surface area contributed by atoms with E-state index < -0.39 is 0 Å². The third-order valence-electron chi connectivity index (χ3n) is 4.80. The van der Waals surface area contributed by atoms with Gasteiger partial charge in [-0.1, -0.05) is 88.4 Å². The second-order valence-electron chi connectivity index (χ2n) is 7.69. The van der Waals surface area contributed by atoms with Gasteiger partial charge in [-0.3, -0.25) is 0 Å². The van der Waals surface area contributed by atoms with Crippen LogP contribution in [0, 0.1) is 11.8 Å². The highest BCUT2D eigenvalue weighted by Gasteiger charge is 2.47. The van der Waals surface area contributed by atoms with Gasteiger partial charge in [-0.25, -0.2) is 0 Å². The Morgan fingerprint density at radius 3 is 1.38 bits per heavy atom. The zero-order valence-electron chi connectivity index (χ0n) is 25.7. The van der Waals surface area contributed by atoms with Crippen molar-refractivity contribution in [1.29, 1.82) is 0 Å². The fourth-order valence-electron chi connectivity index (χ4n) is 3.68. The maximum absolute atomic E-state index is 6.10. The molecule has 2 heterocycles. The summed E-state index contributed by atoms with van der Waals surface area (Å²) >= 11 is 0. The van der Waals surface area contributed by atoms with Crippen molar-refractivity contribution in [2.75, 3.05) is 70.1 Å². The van der Waals surface area contributed by atoms with Crippen molar-refractivity contribution in [2.24, 2.45) is 11.8 Å². The van der Waals surface area contributed by atoms with Gasteiger partial charge in [-0.05, 0) is 17.5 Å². The van der Waals surface area contributed by atoms with Crippen molar-refractivity contribution in [1.82, 2.24) is 0 Å². The first-order valence-corrected chi connectivity index (χ1v) is 13.0. The highest BCUT2D eigenvalue weighted by Crippen LogP contribution is 2.45. The first kappa shape index (κ1) is 39.7. The van der Waals surface area contributed by atoms with Crippen LogP contribution < -0.4 is 0 Å². The summed E-state index contributed by atoms with van der Waals surface area (Å²) in [6, 6.07) is 21.2. The normalized spacial score (nSPS) is 20.0. The Kier molecular flexibility index (Phi) is 32.7. The zero-order chi connectivity index (χ0) is 28.9. The first-order valence-electron chi connectivity index (χ1n) is 13.0. The monoisotopic (exact) mass is 524 g/mol. The molecule has 0 radical (unpaired) electrons. The van der Waals surface area contributed by atoms with Gasteiger partial charge in [0, 0.05) is 68.7 Å². The fraction of sp³-hybridized carbons (Fsp3) is 0.613. The van der Waals surface area contributed by atoms with E-state index in [2.05, 4.69) is 79.6 Å². The minimum atomic E-state index is 0.206. The van der Waals surface area contributed by atoms with Crippen LogP contribution in [-0.2, 0) is 34.8 Å². The fourth-order valence-corrected chi connectivity index (χ4v) is 3.68. The van der Waals surface area contributed by atoms with Crippen molar-refractivity contribution in [3.8, 4) is 0 Å². The average Bonchev–Trinajstić information content (AvgIpc) is 3.53. The molecule has 2 fully saturated rings. The Bertz CT molecular complexity index is 645. The standard InChI is InChI=1S/C19H20O2.4C2H6O.2C2H6/c1-3-7-14(8-4-1)11-18-16-12-21-19(17(16)13-20-18)15-9-5-2-6-10-15;4*1-3-2;2*1-2/h1-10,16-19H,11-13H2;4*1-2H3;2*1-2H3. The molecule has 37 heavy (non-hydrogen) atoms. The van der Waals surface area contributed by atoms with Gasteiger partial charge in [-0.2, -0.15) is 0 Å². The average molecular weight is 525 g/mol. The number of methoxy groups -OCH3 is 4. The van der Waals surface area contributed by atoms with E-state index in [4.69, 9.17) is 9.47 Å². The summed E-state index contributed by atoms with van der Waals surface area (Å²) in [7, 11) is 13.0. The van der Waals surface area contributed by atoms with Crippen LogP contribution in [0.15, 0.2) is 60.7 Å². The third-order valence-corrected chi connectivity index (χ3v) is 4.80. The molecular formula is C31H56O6. The first-order chi connectivity index (χ1) is 18.1. The predicted octanol–water partition coefficient (Wildman–Crippen LogP) is 6.73. The molecule has 0 amide bonds. The lowest BCUT2D eigenvalue weighted by molar-refractivity contribution is 0.0202. The Morgan fingerprint density at radius 2 is 0.946 bits per heavy atom. The Balaban J connectivity index is -0.000000609. The van der Waals surface area contributed by atoms with Gasteiger partial charge < -0.3 is 28.4 Å². The van der Waals surface area contributed by atoms with Crippen LogP contribution in [0.5, 0.6) is 0 Å². The summed E-state index contributed by atoms with van der Waals surface area (Å²) in [4.78, 5) is 0. The second-order valence-corrected chi connectivity index (χ2v) is 7.69. The minimum absolute atomic E-state index is 0.206. The minimum Gasteiger partial charge on any atom is -0.388 e. The molecule has 2 aromatic rings. The van der Waals surface area contributed by atoms with E-state index in [0.717, 1.165) is 19.6 Å². The predicted molar refractivity (Wildman–Crippen MR) is 156 cm³/mol. The van der Waals surface area contributed by atoms with Gasteiger partial charge in [0.2, 0.25) is 0 Å². The molecule has 4 rings (SSSR count). The maximum Gasteiger partial charge on any atom is 0.0879 e. The Labute approximate surface area is 228 Å². The molecule has 2 saturated heterocycles. The molecule has 2 aliphatic rings. The summed E-state index contributed by atoms with van der Waals surface area (Å²) in [5.74, 6) is 1.02. The molecule has 0 aromatic heterocycles. The molecule has 4 atom stereocenters. The quantitative estimate of drug-likeness (QED) is 0.443. The number of ether oxygens (including phenoxy) is 6. The lowest BCUT2D eigenvalue weighted by Crippen LogP contribution is -2.22. The summed E-state index contributed by atoms with van der Waals surface area (Å²) in [6.45, 7) is 9.64. The molecular weight excluding hydrogens is 468 g/mol. The smallest absolute Gasteiger partial charge is 0.0879 e. The van der Waals surface area contributed by atoms with Crippen molar-refractivity contribution in [2.45, 2.75) is 46.3 Å². The molecule has 0 bridgehead atoms. The van der Waals surface area contributed by atoms with Crippen LogP contribution in [-0.4, -0.2) is 76.2 Å². The van der Waals surface area contributed by atoms with Crippen LogP contribution in [0.1, 0.15) is 44.9 Å². The number of hydrogen-bond acceptors (Lipinski definition) is 6. The number of rotatable bonds is 3. The number of fused-ring (bicyclic) bond motifs is 1. The molecule has 0 aliphatic carbocycles. The Hall–Kier alpha value is -1.80. The molecule has 6 heteroatoms. The van der Waals surface area contributed by atoms with Gasteiger partial charge in [0.05, 0.1) is 25.4 Å². The molecule has 0 saturated carbocycles. The lowest BCUT2D eigenvalue weighted by Gasteiger charge is -2.16. The SMILES string of the molecule is CC.CC.COC.COC.COC.COC.c1ccc(CC2OCC3C(c4ccccc4)OCC23)cc1. The zero-order valence-corrected chi connectivity index (χ0v) is 25.7. The third kappa shape index (κ3) is 18.2. The topological polar surface area (TPSA) is 55.4 Å². The van der Waals surface area contributed by atoms with Crippen LogP contribution in [0.2, 0.25) is 0 Å². The summed E-state index contributed by atoms with van der Waals surface area (Å²) in [5.41, 5.74) is 2.64. The molecule has 216 valence electrons. The van der Waals surface area contributed by atoms with E-state index in [1.54, 1.807) is 56.9 Å². The van der Waals surface area contributed by atoms with Gasteiger partial charge in [0.1, 0.15) is 0 Å². The highest BCUT2D eigenvalue weighted by atomic mass is 16.5. The van der Waals surface area contributed by atoms with E-state index in [1.165, 1.54) is 11.1 Å². The van der Waals surface area contributed by atoms with Crippen LogP contribution in [0.4, 0.5) is 0 Å². The van der Waals surface area contributed by atoms with Crippen molar-refractivity contribution < 1.29 is 28.4 Å². The van der Waals surface area contributed by atoms with Gasteiger partial charge in [0.25, 0.3) is 0 Å². The molecule has 4 unspecified atom stereocenters. The van der Waals surface area contributed by atoms with Crippen LogP contribution in [0.25, 0.3) is 0 Å². The highest BCUT2D eigenvalue weighted by molar-refractivity contribution is 5.21.